The van der Waals surface area contributed by atoms with E-state index in [9.17, 15) is 10.1 Å². The minimum absolute atomic E-state index is 0.0479. The molecule has 1 aromatic carbocycles. The van der Waals surface area contributed by atoms with Gasteiger partial charge in [0.25, 0.3) is 5.69 Å². The molecule has 0 atom stereocenters. The molecule has 0 aliphatic rings. The van der Waals surface area contributed by atoms with Crippen LogP contribution in [0.25, 0.3) is 0 Å². The standard InChI is InChI=1S/C11H9N5O2/c1-8-11(6-12)13-14-15(8)7-9-2-4-10(5-3-9)16(17)18/h2-5H,7H2,1H3. The van der Waals surface area contributed by atoms with Crippen molar-refractivity contribution >= 4 is 5.69 Å². The quantitative estimate of drug-likeness (QED) is 0.599. The van der Waals surface area contributed by atoms with Crippen LogP contribution in [0.5, 0.6) is 0 Å². The first kappa shape index (κ1) is 11.7. The number of hydrogen-bond acceptors (Lipinski definition) is 5. The van der Waals surface area contributed by atoms with Gasteiger partial charge in [-0.25, -0.2) is 4.68 Å². The number of nitro groups is 1. The largest absolute Gasteiger partial charge is 0.269 e. The molecule has 7 heteroatoms. The number of nitrogens with zero attached hydrogens (tertiary/aromatic N) is 5. The Morgan fingerprint density at radius 2 is 2.11 bits per heavy atom. The summed E-state index contributed by atoms with van der Waals surface area (Å²) in [5.41, 5.74) is 1.87. The highest BCUT2D eigenvalue weighted by molar-refractivity contribution is 5.33. The lowest BCUT2D eigenvalue weighted by molar-refractivity contribution is -0.384. The fourth-order valence-electron chi connectivity index (χ4n) is 1.51. The lowest BCUT2D eigenvalue weighted by Gasteiger charge is -2.02. The van der Waals surface area contributed by atoms with Crippen LogP contribution in [0.2, 0.25) is 0 Å². The fraction of sp³-hybridized carbons (Fsp3) is 0.182. The number of nitriles is 1. The minimum atomic E-state index is -0.446. The number of hydrogen-bond donors (Lipinski definition) is 0. The van der Waals surface area contributed by atoms with Gasteiger partial charge in [-0.15, -0.1) is 5.10 Å². The van der Waals surface area contributed by atoms with E-state index < -0.39 is 4.92 Å². The van der Waals surface area contributed by atoms with Crippen LogP contribution in [0, 0.1) is 28.4 Å². The molecule has 0 unspecified atom stereocenters. The second-order valence-corrected chi connectivity index (χ2v) is 3.72. The Labute approximate surface area is 102 Å². The van der Waals surface area contributed by atoms with Gasteiger partial charge in [0.15, 0.2) is 5.69 Å². The zero-order valence-electron chi connectivity index (χ0n) is 9.57. The van der Waals surface area contributed by atoms with Crippen molar-refractivity contribution in [1.82, 2.24) is 15.0 Å². The van der Waals surface area contributed by atoms with Gasteiger partial charge in [0.1, 0.15) is 6.07 Å². The summed E-state index contributed by atoms with van der Waals surface area (Å²) in [6.07, 6.45) is 0. The number of non-ortho nitro benzene ring substituents is 1. The van der Waals surface area contributed by atoms with Gasteiger partial charge < -0.3 is 0 Å². The van der Waals surface area contributed by atoms with Crippen molar-refractivity contribution in [1.29, 1.82) is 5.26 Å². The normalized spacial score (nSPS) is 10.0. The number of benzene rings is 1. The second-order valence-electron chi connectivity index (χ2n) is 3.72. The third-order valence-corrected chi connectivity index (χ3v) is 2.57. The molecule has 18 heavy (non-hydrogen) atoms. The van der Waals surface area contributed by atoms with Gasteiger partial charge in [-0.05, 0) is 12.5 Å². The van der Waals surface area contributed by atoms with Crippen molar-refractivity contribution in [3.8, 4) is 6.07 Å². The lowest BCUT2D eigenvalue weighted by Crippen LogP contribution is -2.04. The van der Waals surface area contributed by atoms with Gasteiger partial charge in [-0.2, -0.15) is 5.26 Å². The molecule has 0 amide bonds. The highest BCUT2D eigenvalue weighted by Crippen LogP contribution is 2.13. The second kappa shape index (κ2) is 4.63. The van der Waals surface area contributed by atoms with Gasteiger partial charge in [0.05, 0.1) is 17.2 Å². The van der Waals surface area contributed by atoms with Crippen LogP contribution in [0.1, 0.15) is 17.0 Å². The number of nitro benzene ring substituents is 1. The van der Waals surface area contributed by atoms with E-state index in [4.69, 9.17) is 5.26 Å². The fourth-order valence-corrected chi connectivity index (χ4v) is 1.51. The average molecular weight is 243 g/mol. The van der Waals surface area contributed by atoms with Crippen LogP contribution in [-0.2, 0) is 6.54 Å². The monoisotopic (exact) mass is 243 g/mol. The molecule has 90 valence electrons. The predicted molar refractivity (Wildman–Crippen MR) is 61.7 cm³/mol. The van der Waals surface area contributed by atoms with Crippen molar-refractivity contribution in [3.05, 3.63) is 51.3 Å². The van der Waals surface area contributed by atoms with Crippen molar-refractivity contribution < 1.29 is 4.92 Å². The van der Waals surface area contributed by atoms with E-state index in [1.807, 2.05) is 6.07 Å². The molecule has 0 radical (unpaired) electrons. The number of rotatable bonds is 3. The maximum atomic E-state index is 10.5. The van der Waals surface area contributed by atoms with Gasteiger partial charge in [0.2, 0.25) is 0 Å². The van der Waals surface area contributed by atoms with Crippen molar-refractivity contribution in [2.45, 2.75) is 13.5 Å². The van der Waals surface area contributed by atoms with E-state index in [0.717, 1.165) is 5.56 Å². The summed E-state index contributed by atoms with van der Waals surface area (Å²) in [6, 6.07) is 8.13. The Balaban J connectivity index is 2.21. The first-order valence-corrected chi connectivity index (χ1v) is 5.15. The van der Waals surface area contributed by atoms with E-state index in [1.165, 1.54) is 12.1 Å². The first-order chi connectivity index (χ1) is 8.61. The van der Waals surface area contributed by atoms with Crippen LogP contribution in [0.3, 0.4) is 0 Å². The molecule has 2 aromatic rings. The molecule has 0 aliphatic heterocycles. The van der Waals surface area contributed by atoms with E-state index in [1.54, 1.807) is 23.7 Å². The molecule has 0 spiro atoms. The lowest BCUT2D eigenvalue weighted by atomic mass is 10.2. The Bertz CT molecular complexity index is 624. The van der Waals surface area contributed by atoms with Crippen LogP contribution >= 0.6 is 0 Å². The third kappa shape index (κ3) is 2.17. The van der Waals surface area contributed by atoms with E-state index in [2.05, 4.69) is 10.3 Å². The highest BCUT2D eigenvalue weighted by atomic mass is 16.6. The molecule has 7 nitrogen and oxygen atoms in total. The Morgan fingerprint density at radius 3 is 2.61 bits per heavy atom. The molecule has 0 bridgehead atoms. The summed E-state index contributed by atoms with van der Waals surface area (Å²) in [5, 5.41) is 26.8. The summed E-state index contributed by atoms with van der Waals surface area (Å²) in [7, 11) is 0. The van der Waals surface area contributed by atoms with Crippen molar-refractivity contribution in [2.75, 3.05) is 0 Å². The van der Waals surface area contributed by atoms with Crippen molar-refractivity contribution in [2.24, 2.45) is 0 Å². The van der Waals surface area contributed by atoms with Crippen LogP contribution < -0.4 is 0 Å². The Hall–Kier alpha value is -2.75. The molecule has 0 fully saturated rings. The molecule has 0 aliphatic carbocycles. The van der Waals surface area contributed by atoms with Crippen LogP contribution in [0.4, 0.5) is 5.69 Å². The summed E-state index contributed by atoms with van der Waals surface area (Å²) in [6.45, 7) is 2.18. The molecule has 2 rings (SSSR count). The predicted octanol–water partition coefficient (Wildman–Crippen LogP) is 1.41. The minimum Gasteiger partial charge on any atom is -0.258 e. The molecule has 1 heterocycles. The summed E-state index contributed by atoms with van der Waals surface area (Å²) in [5.74, 6) is 0. The molecular weight excluding hydrogens is 234 g/mol. The maximum Gasteiger partial charge on any atom is 0.269 e. The van der Waals surface area contributed by atoms with Gasteiger partial charge in [-0.1, -0.05) is 17.3 Å². The molecular formula is C11H9N5O2. The molecule has 1 aromatic heterocycles. The van der Waals surface area contributed by atoms with Gasteiger partial charge >= 0.3 is 0 Å². The topological polar surface area (TPSA) is 97.6 Å². The zero-order chi connectivity index (χ0) is 13.1. The van der Waals surface area contributed by atoms with E-state index in [-0.39, 0.29) is 11.4 Å². The zero-order valence-corrected chi connectivity index (χ0v) is 9.57. The van der Waals surface area contributed by atoms with Gasteiger partial charge in [-0.3, -0.25) is 10.1 Å². The highest BCUT2D eigenvalue weighted by Gasteiger charge is 2.09. The maximum absolute atomic E-state index is 10.5. The smallest absolute Gasteiger partial charge is 0.258 e. The van der Waals surface area contributed by atoms with E-state index >= 15 is 0 Å². The summed E-state index contributed by atoms with van der Waals surface area (Å²) >= 11 is 0. The first-order valence-electron chi connectivity index (χ1n) is 5.15. The van der Waals surface area contributed by atoms with E-state index in [0.29, 0.717) is 12.2 Å². The summed E-state index contributed by atoms with van der Waals surface area (Å²) in [4.78, 5) is 10.1. The molecule has 0 N–H and O–H groups in total. The number of aromatic nitrogens is 3. The average Bonchev–Trinajstić information content (AvgIpc) is 2.71. The van der Waals surface area contributed by atoms with Crippen molar-refractivity contribution in [3.63, 3.8) is 0 Å². The molecule has 0 saturated carbocycles. The van der Waals surface area contributed by atoms with Gasteiger partial charge in [0, 0.05) is 12.1 Å². The Kier molecular flexibility index (Phi) is 3.02. The Morgan fingerprint density at radius 1 is 1.44 bits per heavy atom. The van der Waals surface area contributed by atoms with Crippen LogP contribution in [-0.4, -0.2) is 19.9 Å². The molecule has 0 saturated heterocycles. The SMILES string of the molecule is Cc1c(C#N)nnn1Cc1ccc([N+](=O)[O-])cc1. The van der Waals surface area contributed by atoms with Crippen LogP contribution in [0.15, 0.2) is 24.3 Å². The summed E-state index contributed by atoms with van der Waals surface area (Å²) < 4.78 is 1.58. The third-order valence-electron chi connectivity index (χ3n) is 2.57.